The summed E-state index contributed by atoms with van der Waals surface area (Å²) < 4.78 is 5.43. The highest BCUT2D eigenvalue weighted by Gasteiger charge is 2.51. The molecule has 0 aromatic rings. The fraction of sp³-hybridized carbons (Fsp3) is 0.750. The third-order valence-corrected chi connectivity index (χ3v) is 2.23. The minimum atomic E-state index is 0.182. The molecule has 0 spiro atoms. The molecule has 0 radical (unpaired) electrons. The van der Waals surface area contributed by atoms with Crippen molar-refractivity contribution in [3.63, 3.8) is 0 Å². The molecule has 1 heteroatoms. The second-order valence-corrected chi connectivity index (χ2v) is 2.55. The van der Waals surface area contributed by atoms with Crippen molar-refractivity contribution in [3.05, 3.63) is 12.7 Å². The highest BCUT2D eigenvalue weighted by atomic mass is 16.6. The number of epoxide rings is 1. The number of rotatable bonds is 3. The number of ether oxygens (including phenoxy) is 1. The highest BCUT2D eigenvalue weighted by Crippen LogP contribution is 2.42. The van der Waals surface area contributed by atoms with E-state index in [0.717, 1.165) is 12.8 Å². The van der Waals surface area contributed by atoms with Crippen LogP contribution in [0.3, 0.4) is 0 Å². The molecule has 1 heterocycles. The third-order valence-electron chi connectivity index (χ3n) is 2.23. The molecule has 1 saturated heterocycles. The van der Waals surface area contributed by atoms with E-state index in [1.165, 1.54) is 0 Å². The molecule has 1 fully saturated rings. The van der Waals surface area contributed by atoms with E-state index >= 15 is 0 Å². The molecule has 52 valence electrons. The molecule has 0 aliphatic carbocycles. The lowest BCUT2D eigenvalue weighted by molar-refractivity contribution is 0.284. The van der Waals surface area contributed by atoms with Crippen LogP contribution in [0.4, 0.5) is 0 Å². The van der Waals surface area contributed by atoms with Gasteiger partial charge in [-0.15, -0.1) is 6.58 Å². The van der Waals surface area contributed by atoms with Gasteiger partial charge in [-0.1, -0.05) is 19.9 Å². The van der Waals surface area contributed by atoms with Gasteiger partial charge in [0.05, 0.1) is 5.60 Å². The predicted octanol–water partition coefficient (Wildman–Crippen LogP) is 2.13. The van der Waals surface area contributed by atoms with Gasteiger partial charge in [0.15, 0.2) is 0 Å². The van der Waals surface area contributed by atoms with Gasteiger partial charge in [0.2, 0.25) is 0 Å². The van der Waals surface area contributed by atoms with Crippen LogP contribution in [0.25, 0.3) is 0 Å². The van der Waals surface area contributed by atoms with Crippen molar-refractivity contribution in [2.75, 3.05) is 0 Å². The smallest absolute Gasteiger partial charge is 0.105 e. The van der Waals surface area contributed by atoms with Gasteiger partial charge in [0, 0.05) is 0 Å². The van der Waals surface area contributed by atoms with Crippen LogP contribution in [0.5, 0.6) is 0 Å². The van der Waals surface area contributed by atoms with Crippen molar-refractivity contribution in [1.29, 1.82) is 0 Å². The Morgan fingerprint density at radius 3 is 2.22 bits per heavy atom. The molecule has 1 nitrogen and oxygen atoms in total. The van der Waals surface area contributed by atoms with Crippen LogP contribution >= 0.6 is 0 Å². The van der Waals surface area contributed by atoms with Crippen LogP contribution in [-0.2, 0) is 4.74 Å². The normalized spacial score (nSPS) is 29.8. The number of hydrogen-bond donors (Lipinski definition) is 0. The maximum Gasteiger partial charge on any atom is 0.105 e. The monoisotopic (exact) mass is 126 g/mol. The van der Waals surface area contributed by atoms with Gasteiger partial charge < -0.3 is 4.74 Å². The van der Waals surface area contributed by atoms with Gasteiger partial charge in [-0.3, -0.25) is 0 Å². The molecular weight excluding hydrogens is 112 g/mol. The van der Waals surface area contributed by atoms with Crippen LogP contribution in [0.1, 0.15) is 26.7 Å². The molecule has 0 bridgehead atoms. The quantitative estimate of drug-likeness (QED) is 0.417. The summed E-state index contributed by atoms with van der Waals surface area (Å²) in [7, 11) is 0. The van der Waals surface area contributed by atoms with Crippen LogP contribution in [-0.4, -0.2) is 11.7 Å². The Bertz CT molecular complexity index is 114. The number of hydrogen-bond acceptors (Lipinski definition) is 1. The lowest BCUT2D eigenvalue weighted by atomic mass is 9.99. The summed E-state index contributed by atoms with van der Waals surface area (Å²) in [4.78, 5) is 0. The van der Waals surface area contributed by atoms with Crippen LogP contribution < -0.4 is 0 Å². The van der Waals surface area contributed by atoms with Gasteiger partial charge in [-0.2, -0.15) is 0 Å². The van der Waals surface area contributed by atoms with E-state index < -0.39 is 0 Å². The van der Waals surface area contributed by atoms with Crippen molar-refractivity contribution in [2.45, 2.75) is 38.4 Å². The fourth-order valence-electron chi connectivity index (χ4n) is 1.30. The van der Waals surface area contributed by atoms with Crippen LogP contribution in [0, 0.1) is 0 Å². The summed E-state index contributed by atoms with van der Waals surface area (Å²) in [5.41, 5.74) is 0.182. The average molecular weight is 126 g/mol. The average Bonchev–Trinajstić information content (AvgIpc) is 2.63. The van der Waals surface area contributed by atoms with Crippen molar-refractivity contribution in [2.24, 2.45) is 0 Å². The summed E-state index contributed by atoms with van der Waals surface area (Å²) in [6.07, 6.45) is 4.46. The molecule has 0 saturated carbocycles. The molecule has 0 N–H and O–H groups in total. The standard InChI is InChI=1S/C8H14O/c1-4-7-8(5-2,6-3)9-7/h4,7H,1,5-6H2,2-3H3. The molecule has 1 aliphatic heterocycles. The largest absolute Gasteiger partial charge is 0.362 e. The first-order valence-corrected chi connectivity index (χ1v) is 3.59. The minimum Gasteiger partial charge on any atom is -0.362 e. The Morgan fingerprint density at radius 2 is 2.11 bits per heavy atom. The van der Waals surface area contributed by atoms with Crippen LogP contribution in [0.2, 0.25) is 0 Å². The zero-order valence-electron chi connectivity index (χ0n) is 6.18. The lowest BCUT2D eigenvalue weighted by Crippen LogP contribution is -2.10. The Balaban J connectivity index is 2.46. The first-order valence-electron chi connectivity index (χ1n) is 3.59. The van der Waals surface area contributed by atoms with E-state index in [1.54, 1.807) is 0 Å². The Hall–Kier alpha value is -0.300. The molecule has 1 unspecified atom stereocenters. The predicted molar refractivity (Wildman–Crippen MR) is 38.4 cm³/mol. The second kappa shape index (κ2) is 2.14. The molecular formula is C8H14O. The van der Waals surface area contributed by atoms with Gasteiger partial charge in [0.1, 0.15) is 6.10 Å². The summed E-state index contributed by atoms with van der Waals surface area (Å²) in [6, 6.07) is 0. The minimum absolute atomic E-state index is 0.182. The van der Waals surface area contributed by atoms with E-state index in [4.69, 9.17) is 4.74 Å². The molecule has 1 aliphatic rings. The van der Waals surface area contributed by atoms with Crippen molar-refractivity contribution < 1.29 is 4.74 Å². The Morgan fingerprint density at radius 1 is 1.56 bits per heavy atom. The summed E-state index contributed by atoms with van der Waals surface area (Å²) in [6.45, 7) is 8.01. The van der Waals surface area contributed by atoms with Gasteiger partial charge in [0.25, 0.3) is 0 Å². The maximum atomic E-state index is 5.43. The molecule has 9 heavy (non-hydrogen) atoms. The van der Waals surface area contributed by atoms with Crippen molar-refractivity contribution in [1.82, 2.24) is 0 Å². The SMILES string of the molecule is C=CC1OC1(CC)CC. The maximum absolute atomic E-state index is 5.43. The third kappa shape index (κ3) is 0.897. The molecule has 0 amide bonds. The lowest BCUT2D eigenvalue weighted by Gasteiger charge is -2.02. The highest BCUT2D eigenvalue weighted by molar-refractivity contribution is 5.09. The molecule has 0 aromatic carbocycles. The summed E-state index contributed by atoms with van der Waals surface area (Å²) in [5, 5.41) is 0. The zero-order valence-corrected chi connectivity index (χ0v) is 6.18. The fourth-order valence-corrected chi connectivity index (χ4v) is 1.30. The second-order valence-electron chi connectivity index (χ2n) is 2.55. The first-order chi connectivity index (χ1) is 4.29. The van der Waals surface area contributed by atoms with E-state index in [9.17, 15) is 0 Å². The summed E-state index contributed by atoms with van der Waals surface area (Å²) in [5.74, 6) is 0. The van der Waals surface area contributed by atoms with Crippen molar-refractivity contribution >= 4 is 0 Å². The van der Waals surface area contributed by atoms with Crippen LogP contribution in [0.15, 0.2) is 12.7 Å². The summed E-state index contributed by atoms with van der Waals surface area (Å²) >= 11 is 0. The van der Waals surface area contributed by atoms with Gasteiger partial charge in [-0.25, -0.2) is 0 Å². The van der Waals surface area contributed by atoms with Gasteiger partial charge >= 0.3 is 0 Å². The topological polar surface area (TPSA) is 12.5 Å². The van der Waals surface area contributed by atoms with E-state index in [0.29, 0.717) is 6.10 Å². The van der Waals surface area contributed by atoms with Gasteiger partial charge in [-0.05, 0) is 12.8 Å². The van der Waals surface area contributed by atoms with E-state index in [1.807, 2.05) is 6.08 Å². The van der Waals surface area contributed by atoms with Crippen molar-refractivity contribution in [3.8, 4) is 0 Å². The zero-order chi connectivity index (χ0) is 6.91. The van der Waals surface area contributed by atoms with E-state index in [2.05, 4.69) is 20.4 Å². The van der Waals surface area contributed by atoms with E-state index in [-0.39, 0.29) is 5.60 Å². The Kier molecular flexibility index (Phi) is 1.62. The first kappa shape index (κ1) is 6.81. The Labute approximate surface area is 56.7 Å². The molecule has 1 rings (SSSR count). The molecule has 0 aromatic heterocycles. The molecule has 1 atom stereocenters.